The van der Waals surface area contributed by atoms with E-state index in [1.165, 1.54) is 11.1 Å². The number of aliphatic hydroxyl groups is 1. The fourth-order valence-corrected chi connectivity index (χ4v) is 5.34. The summed E-state index contributed by atoms with van der Waals surface area (Å²) in [4.78, 5) is 60.5. The van der Waals surface area contributed by atoms with Gasteiger partial charge < -0.3 is 30.3 Å². The summed E-state index contributed by atoms with van der Waals surface area (Å²) < 4.78 is 0. The van der Waals surface area contributed by atoms with E-state index in [1.54, 1.807) is 30.7 Å². The summed E-state index contributed by atoms with van der Waals surface area (Å²) in [5.74, 6) is -0.295. The zero-order valence-electron chi connectivity index (χ0n) is 20.8. The Hall–Kier alpha value is -4.29. The number of amides is 2. The number of imide groups is 1. The number of likely N-dealkylation sites (tertiary alicyclic amines) is 1. The molecular formula is C26H28N8O4. The molecule has 0 spiro atoms. The van der Waals surface area contributed by atoms with E-state index in [2.05, 4.69) is 35.1 Å². The van der Waals surface area contributed by atoms with Crippen LogP contribution in [0.1, 0.15) is 39.3 Å². The Kier molecular flexibility index (Phi) is 6.04. The number of aliphatic hydroxyl groups excluding tert-OH is 1. The number of piperidine rings is 1. The maximum Gasteiger partial charge on any atom is 0.261 e. The number of nitrogens with one attached hydrogen (secondary N) is 4. The van der Waals surface area contributed by atoms with Gasteiger partial charge in [0, 0.05) is 30.6 Å². The second-order valence-corrected chi connectivity index (χ2v) is 9.92. The van der Waals surface area contributed by atoms with Gasteiger partial charge >= 0.3 is 0 Å². The van der Waals surface area contributed by atoms with Crippen molar-refractivity contribution in [3.05, 3.63) is 64.1 Å². The molecule has 0 saturated carbocycles. The Labute approximate surface area is 217 Å². The molecular weight excluding hydrogens is 488 g/mol. The molecule has 12 heteroatoms. The number of hydrogen-bond donors (Lipinski definition) is 5. The number of carbonyl (C=O) groups is 2. The lowest BCUT2D eigenvalue weighted by molar-refractivity contribution is 0.0516. The van der Waals surface area contributed by atoms with Gasteiger partial charge in [-0.05, 0) is 51.2 Å². The van der Waals surface area contributed by atoms with Crippen molar-refractivity contribution in [2.45, 2.75) is 31.3 Å². The molecule has 2 aliphatic heterocycles. The van der Waals surface area contributed by atoms with Crippen LogP contribution in [0.5, 0.6) is 0 Å². The lowest BCUT2D eigenvalue weighted by Crippen LogP contribution is -2.46. The van der Waals surface area contributed by atoms with Crippen LogP contribution >= 0.6 is 0 Å². The molecule has 1 aromatic carbocycles. The van der Waals surface area contributed by atoms with Crippen LogP contribution < -0.4 is 10.9 Å². The van der Waals surface area contributed by atoms with Gasteiger partial charge in [-0.25, -0.2) is 9.97 Å². The Balaban J connectivity index is 1.32. The van der Waals surface area contributed by atoms with Crippen LogP contribution in [0.3, 0.4) is 0 Å². The van der Waals surface area contributed by atoms with E-state index in [9.17, 15) is 19.5 Å². The third kappa shape index (κ3) is 4.17. The number of fused-ring (bicyclic) bond motifs is 2. The summed E-state index contributed by atoms with van der Waals surface area (Å²) in [5, 5.41) is 13.2. The fraction of sp³-hybridized carbons (Fsp3) is 0.346. The summed E-state index contributed by atoms with van der Waals surface area (Å²) >= 11 is 0. The summed E-state index contributed by atoms with van der Waals surface area (Å²) in [7, 11) is 2.03. The van der Waals surface area contributed by atoms with Gasteiger partial charge in [-0.15, -0.1) is 0 Å². The zero-order chi connectivity index (χ0) is 26.4. The van der Waals surface area contributed by atoms with Crippen molar-refractivity contribution in [3.63, 3.8) is 0 Å². The third-order valence-corrected chi connectivity index (χ3v) is 7.37. The van der Waals surface area contributed by atoms with Gasteiger partial charge in [-0.1, -0.05) is 0 Å². The van der Waals surface area contributed by atoms with Crippen molar-refractivity contribution >= 4 is 28.5 Å². The maximum atomic E-state index is 13.3. The molecule has 196 valence electrons. The predicted octanol–water partition coefficient (Wildman–Crippen LogP) is 1.35. The number of nitrogens with zero attached hydrogens (tertiary/aromatic N) is 4. The Bertz CT molecular complexity index is 1510. The Morgan fingerprint density at radius 2 is 1.89 bits per heavy atom. The van der Waals surface area contributed by atoms with E-state index in [0.29, 0.717) is 40.1 Å². The summed E-state index contributed by atoms with van der Waals surface area (Å²) in [6.45, 7) is 1.51. The number of hydrogen-bond acceptors (Lipinski definition) is 8. The number of anilines is 1. The standard InChI is InChI=1S/C26H28N8O4/c1-33-6-3-16(4-7-33)34-25(37)17-9-20-21(10-18(17)26(34)38)32-23(31-20)22-19(2-5-28-24(22)36)30-15(12-35)8-14-11-27-13-29-14/h2,5,9-11,13,15-16,35H,3-4,6-8,12H2,1H3,(H,27,29)(H,31,32)(H2,28,30,36). The molecule has 12 nitrogen and oxygen atoms in total. The number of rotatable bonds is 7. The number of pyridine rings is 1. The summed E-state index contributed by atoms with van der Waals surface area (Å²) in [6, 6.07) is 4.48. The molecule has 38 heavy (non-hydrogen) atoms. The predicted molar refractivity (Wildman–Crippen MR) is 140 cm³/mol. The molecule has 5 N–H and O–H groups in total. The first-order valence-electron chi connectivity index (χ1n) is 12.6. The monoisotopic (exact) mass is 516 g/mol. The van der Waals surface area contributed by atoms with Crippen LogP contribution in [0.4, 0.5) is 5.69 Å². The first-order chi connectivity index (χ1) is 18.4. The third-order valence-electron chi connectivity index (χ3n) is 7.37. The summed E-state index contributed by atoms with van der Waals surface area (Å²) in [5.41, 5.74) is 2.92. The molecule has 1 unspecified atom stereocenters. The van der Waals surface area contributed by atoms with E-state index in [4.69, 9.17) is 0 Å². The number of imidazole rings is 2. The van der Waals surface area contributed by atoms with Crippen LogP contribution in [0.25, 0.3) is 22.4 Å². The molecule has 3 aromatic heterocycles. The van der Waals surface area contributed by atoms with Crippen LogP contribution in [0.15, 0.2) is 41.7 Å². The number of H-pyrrole nitrogens is 3. The number of aromatic amines is 3. The van der Waals surface area contributed by atoms with Crippen LogP contribution in [-0.4, -0.2) is 90.5 Å². The van der Waals surface area contributed by atoms with Gasteiger partial charge in [-0.2, -0.15) is 0 Å². The second-order valence-electron chi connectivity index (χ2n) is 9.92. The molecule has 1 fully saturated rings. The molecule has 0 bridgehead atoms. The van der Waals surface area contributed by atoms with Crippen LogP contribution in [0, 0.1) is 0 Å². The van der Waals surface area contributed by atoms with Gasteiger partial charge in [0.25, 0.3) is 17.4 Å². The van der Waals surface area contributed by atoms with E-state index in [0.717, 1.165) is 31.6 Å². The lowest BCUT2D eigenvalue weighted by Gasteiger charge is -2.33. The van der Waals surface area contributed by atoms with Crippen molar-refractivity contribution in [2.75, 3.05) is 32.1 Å². The summed E-state index contributed by atoms with van der Waals surface area (Å²) in [6.07, 6.45) is 6.74. The number of aromatic nitrogens is 5. The molecule has 6 rings (SSSR count). The normalized spacial score (nSPS) is 17.4. The van der Waals surface area contributed by atoms with Gasteiger partial charge in [0.2, 0.25) is 0 Å². The van der Waals surface area contributed by atoms with Crippen molar-refractivity contribution in [1.82, 2.24) is 34.7 Å². The highest BCUT2D eigenvalue weighted by Crippen LogP contribution is 2.32. The zero-order valence-corrected chi connectivity index (χ0v) is 20.8. The molecule has 1 atom stereocenters. The Morgan fingerprint density at radius 3 is 2.61 bits per heavy atom. The molecule has 4 aromatic rings. The highest BCUT2D eigenvalue weighted by molar-refractivity contribution is 6.23. The smallest absolute Gasteiger partial charge is 0.261 e. The average molecular weight is 517 g/mol. The molecule has 0 radical (unpaired) electrons. The van der Waals surface area contributed by atoms with Crippen molar-refractivity contribution < 1.29 is 14.7 Å². The number of benzene rings is 1. The minimum Gasteiger partial charge on any atom is -0.394 e. The van der Waals surface area contributed by atoms with E-state index in [1.807, 2.05) is 7.05 Å². The minimum absolute atomic E-state index is 0.113. The molecule has 1 saturated heterocycles. The van der Waals surface area contributed by atoms with E-state index in [-0.39, 0.29) is 41.6 Å². The molecule has 5 heterocycles. The van der Waals surface area contributed by atoms with Gasteiger partial charge in [0.05, 0.1) is 46.8 Å². The van der Waals surface area contributed by atoms with Crippen LogP contribution in [-0.2, 0) is 6.42 Å². The van der Waals surface area contributed by atoms with E-state index < -0.39 is 0 Å². The van der Waals surface area contributed by atoms with Crippen molar-refractivity contribution in [2.24, 2.45) is 0 Å². The van der Waals surface area contributed by atoms with Crippen LogP contribution in [0.2, 0.25) is 0 Å². The quantitative estimate of drug-likeness (QED) is 0.230. The highest BCUT2D eigenvalue weighted by atomic mass is 16.3. The van der Waals surface area contributed by atoms with Gasteiger partial charge in [0.1, 0.15) is 11.4 Å². The molecule has 2 aliphatic rings. The van der Waals surface area contributed by atoms with Gasteiger partial charge in [0.15, 0.2) is 0 Å². The van der Waals surface area contributed by atoms with E-state index >= 15 is 0 Å². The fourth-order valence-electron chi connectivity index (χ4n) is 5.34. The minimum atomic E-state index is -0.384. The Morgan fingerprint density at radius 1 is 1.13 bits per heavy atom. The SMILES string of the molecule is CN1CCC(N2C(=O)c3cc4nc(-c5c(NC(CO)Cc6cnc[nH]6)cc[nH]c5=O)[nH]c4cc3C2=O)CC1. The second kappa shape index (κ2) is 9.54. The largest absolute Gasteiger partial charge is 0.394 e. The first-order valence-corrected chi connectivity index (χ1v) is 12.6. The first kappa shape index (κ1) is 24.1. The maximum absolute atomic E-state index is 13.3. The molecule has 2 amide bonds. The average Bonchev–Trinajstić information content (AvgIpc) is 3.62. The number of carbonyl (C=O) groups excluding carboxylic acids is 2. The van der Waals surface area contributed by atoms with Crippen molar-refractivity contribution in [1.29, 1.82) is 0 Å². The highest BCUT2D eigenvalue weighted by Gasteiger charge is 2.41. The lowest BCUT2D eigenvalue weighted by atomic mass is 10.0. The molecule has 0 aliphatic carbocycles. The van der Waals surface area contributed by atoms with Crippen molar-refractivity contribution in [3.8, 4) is 11.4 Å². The van der Waals surface area contributed by atoms with Gasteiger partial charge in [-0.3, -0.25) is 19.3 Å². The topological polar surface area (TPSA) is 163 Å².